The van der Waals surface area contributed by atoms with Crippen molar-refractivity contribution in [2.24, 2.45) is 0 Å². The maximum absolute atomic E-state index is 8.75. The number of rotatable bonds is 2. The Balaban J connectivity index is 2.20. The topological polar surface area (TPSA) is 45.0 Å². The largest absolute Gasteiger partial charge is 0.486 e. The van der Waals surface area contributed by atoms with Crippen molar-refractivity contribution >= 4 is 11.6 Å². The summed E-state index contributed by atoms with van der Waals surface area (Å²) in [6, 6.07) is 7.24. The van der Waals surface area contributed by atoms with Gasteiger partial charge < -0.3 is 10.1 Å². The van der Waals surface area contributed by atoms with E-state index in [1.165, 1.54) is 0 Å². The van der Waals surface area contributed by atoms with Gasteiger partial charge in [0.1, 0.15) is 22.9 Å². The van der Waals surface area contributed by atoms with E-state index in [1.54, 1.807) is 18.2 Å². The van der Waals surface area contributed by atoms with E-state index in [1.807, 2.05) is 6.07 Å². The molecule has 0 unspecified atom stereocenters. The van der Waals surface area contributed by atoms with E-state index in [-0.39, 0.29) is 6.10 Å². The van der Waals surface area contributed by atoms with Crippen molar-refractivity contribution in [3.63, 3.8) is 0 Å². The molecule has 0 aliphatic carbocycles. The van der Waals surface area contributed by atoms with Crippen LogP contribution in [0.4, 0.5) is 0 Å². The fourth-order valence-electron chi connectivity index (χ4n) is 1.21. The second-order valence-corrected chi connectivity index (χ2v) is 3.51. The smallest absolute Gasteiger partial charge is 0.139 e. The molecule has 1 fully saturated rings. The second-order valence-electron chi connectivity index (χ2n) is 3.13. The van der Waals surface area contributed by atoms with Crippen molar-refractivity contribution in [3.8, 4) is 11.8 Å². The van der Waals surface area contributed by atoms with E-state index >= 15 is 0 Å². The number of hydrogen-bond acceptors (Lipinski definition) is 3. The maximum Gasteiger partial charge on any atom is 0.139 e. The molecular formula is C10H9ClN2O. The molecule has 0 spiro atoms. The number of hydrogen-bond donors (Lipinski definition) is 1. The van der Waals surface area contributed by atoms with Crippen LogP contribution in [-0.4, -0.2) is 19.2 Å². The van der Waals surface area contributed by atoms with E-state index in [4.69, 9.17) is 21.6 Å². The Morgan fingerprint density at radius 1 is 1.50 bits per heavy atom. The van der Waals surface area contributed by atoms with Crippen LogP contribution < -0.4 is 10.1 Å². The summed E-state index contributed by atoms with van der Waals surface area (Å²) in [5.41, 5.74) is 0.455. The molecule has 1 heterocycles. The zero-order chi connectivity index (χ0) is 9.97. The summed E-state index contributed by atoms with van der Waals surface area (Å²) in [4.78, 5) is 0. The fourth-order valence-corrected chi connectivity index (χ4v) is 1.43. The van der Waals surface area contributed by atoms with Crippen LogP contribution in [0.15, 0.2) is 18.2 Å². The maximum atomic E-state index is 8.75. The Morgan fingerprint density at radius 2 is 2.29 bits per heavy atom. The lowest BCUT2D eigenvalue weighted by molar-refractivity contribution is 0.142. The number of nitriles is 1. The van der Waals surface area contributed by atoms with Crippen molar-refractivity contribution in [2.45, 2.75) is 6.10 Å². The first-order valence-corrected chi connectivity index (χ1v) is 4.75. The highest BCUT2D eigenvalue weighted by molar-refractivity contribution is 6.33. The fraction of sp³-hybridized carbons (Fsp3) is 0.300. The number of nitrogens with one attached hydrogen (secondary N) is 1. The first kappa shape index (κ1) is 9.32. The Hall–Kier alpha value is -1.24. The van der Waals surface area contributed by atoms with Crippen LogP contribution in [0.1, 0.15) is 5.56 Å². The predicted molar refractivity (Wildman–Crippen MR) is 53.5 cm³/mol. The van der Waals surface area contributed by atoms with Gasteiger partial charge in [0.15, 0.2) is 0 Å². The van der Waals surface area contributed by atoms with Crippen molar-refractivity contribution in [2.75, 3.05) is 13.1 Å². The van der Waals surface area contributed by atoms with Gasteiger partial charge in [0.2, 0.25) is 0 Å². The molecular weight excluding hydrogens is 200 g/mol. The minimum Gasteiger partial charge on any atom is -0.486 e. The molecule has 0 aromatic heterocycles. The molecule has 14 heavy (non-hydrogen) atoms. The van der Waals surface area contributed by atoms with Gasteiger partial charge in [-0.1, -0.05) is 17.7 Å². The molecule has 1 aliphatic heterocycles. The molecule has 0 amide bonds. The van der Waals surface area contributed by atoms with Gasteiger partial charge in [-0.2, -0.15) is 5.26 Å². The molecule has 3 nitrogen and oxygen atoms in total. The van der Waals surface area contributed by atoms with Gasteiger partial charge in [0.25, 0.3) is 0 Å². The van der Waals surface area contributed by atoms with Crippen LogP contribution in [0.5, 0.6) is 5.75 Å². The molecule has 0 bridgehead atoms. The normalized spacial score (nSPS) is 15.7. The van der Waals surface area contributed by atoms with Gasteiger partial charge in [0.05, 0.1) is 5.56 Å². The molecule has 2 rings (SSSR count). The summed E-state index contributed by atoms with van der Waals surface area (Å²) in [5, 5.41) is 12.2. The average Bonchev–Trinajstić information content (AvgIpc) is 2.13. The number of nitrogens with zero attached hydrogens (tertiary/aromatic N) is 1. The van der Waals surface area contributed by atoms with Crippen molar-refractivity contribution < 1.29 is 4.74 Å². The molecule has 1 aliphatic rings. The van der Waals surface area contributed by atoms with Crippen molar-refractivity contribution in [3.05, 3.63) is 28.8 Å². The predicted octanol–water partition coefficient (Wildman–Crippen LogP) is 1.56. The summed E-state index contributed by atoms with van der Waals surface area (Å²) in [7, 11) is 0. The molecule has 0 saturated carbocycles. The lowest BCUT2D eigenvalue weighted by Gasteiger charge is -2.28. The zero-order valence-electron chi connectivity index (χ0n) is 7.46. The molecule has 1 saturated heterocycles. The third kappa shape index (κ3) is 1.67. The van der Waals surface area contributed by atoms with Gasteiger partial charge in [0, 0.05) is 13.1 Å². The molecule has 1 aromatic carbocycles. The van der Waals surface area contributed by atoms with E-state index < -0.39 is 0 Å². The van der Waals surface area contributed by atoms with Crippen LogP contribution in [-0.2, 0) is 0 Å². The van der Waals surface area contributed by atoms with Crippen molar-refractivity contribution in [1.82, 2.24) is 5.32 Å². The Kier molecular flexibility index (Phi) is 2.58. The molecule has 1 N–H and O–H groups in total. The number of benzene rings is 1. The first-order valence-electron chi connectivity index (χ1n) is 4.37. The van der Waals surface area contributed by atoms with Crippen LogP contribution in [0.2, 0.25) is 5.02 Å². The molecule has 1 aromatic rings. The summed E-state index contributed by atoms with van der Waals surface area (Å²) < 4.78 is 5.58. The third-order valence-corrected chi connectivity index (χ3v) is 2.51. The standard InChI is InChI=1S/C10H9ClN2O/c11-10-7(4-12)2-1-3-9(10)14-8-5-13-6-8/h1-3,8,13H,5-6H2. The Labute approximate surface area is 87.2 Å². The molecule has 4 heteroatoms. The van der Waals surface area contributed by atoms with E-state index in [9.17, 15) is 0 Å². The summed E-state index contributed by atoms with van der Waals surface area (Å²) in [5.74, 6) is 0.595. The third-order valence-electron chi connectivity index (χ3n) is 2.12. The SMILES string of the molecule is N#Cc1cccc(OC2CNC2)c1Cl. The van der Waals surface area contributed by atoms with E-state index in [2.05, 4.69) is 5.32 Å². The van der Waals surface area contributed by atoms with Gasteiger partial charge >= 0.3 is 0 Å². The van der Waals surface area contributed by atoms with Crippen LogP contribution in [0.25, 0.3) is 0 Å². The summed E-state index contributed by atoms with van der Waals surface area (Å²) >= 11 is 5.97. The molecule has 0 radical (unpaired) electrons. The summed E-state index contributed by atoms with van der Waals surface area (Å²) in [6.45, 7) is 1.68. The first-order chi connectivity index (χ1) is 6.81. The monoisotopic (exact) mass is 208 g/mol. The second kappa shape index (κ2) is 3.87. The highest BCUT2D eigenvalue weighted by Crippen LogP contribution is 2.28. The van der Waals surface area contributed by atoms with Gasteiger partial charge in [-0.25, -0.2) is 0 Å². The molecule has 0 atom stereocenters. The summed E-state index contributed by atoms with van der Waals surface area (Å²) in [6.07, 6.45) is 0.182. The highest BCUT2D eigenvalue weighted by Gasteiger charge is 2.19. The zero-order valence-corrected chi connectivity index (χ0v) is 8.21. The van der Waals surface area contributed by atoms with Crippen molar-refractivity contribution in [1.29, 1.82) is 5.26 Å². The Morgan fingerprint density at radius 3 is 2.86 bits per heavy atom. The van der Waals surface area contributed by atoms with Gasteiger partial charge in [-0.3, -0.25) is 0 Å². The number of halogens is 1. The minimum absolute atomic E-state index is 0.182. The lowest BCUT2D eigenvalue weighted by atomic mass is 10.2. The van der Waals surface area contributed by atoms with Gasteiger partial charge in [-0.05, 0) is 12.1 Å². The van der Waals surface area contributed by atoms with E-state index in [0.29, 0.717) is 16.3 Å². The average molecular weight is 209 g/mol. The van der Waals surface area contributed by atoms with Crippen LogP contribution in [0.3, 0.4) is 0 Å². The molecule has 72 valence electrons. The lowest BCUT2D eigenvalue weighted by Crippen LogP contribution is -2.50. The number of ether oxygens (including phenoxy) is 1. The minimum atomic E-state index is 0.182. The highest BCUT2D eigenvalue weighted by atomic mass is 35.5. The van der Waals surface area contributed by atoms with Crippen LogP contribution >= 0.6 is 11.6 Å². The van der Waals surface area contributed by atoms with Crippen LogP contribution in [0, 0.1) is 11.3 Å². The van der Waals surface area contributed by atoms with E-state index in [0.717, 1.165) is 13.1 Å². The Bertz CT molecular complexity index is 382. The van der Waals surface area contributed by atoms with Gasteiger partial charge in [-0.15, -0.1) is 0 Å². The quantitative estimate of drug-likeness (QED) is 0.803.